The first-order chi connectivity index (χ1) is 8.02. The zero-order valence-corrected chi connectivity index (χ0v) is 12.7. The molecule has 2 aromatic heterocycles. The summed E-state index contributed by atoms with van der Waals surface area (Å²) in [6, 6.07) is 0. The topological polar surface area (TPSA) is 74.5 Å². The second-order valence-electron chi connectivity index (χ2n) is 3.58. The number of anilines is 1. The van der Waals surface area contributed by atoms with E-state index >= 15 is 0 Å². The molecule has 0 bridgehead atoms. The Hall–Kier alpha value is -0.890. The Balaban J connectivity index is 2.36. The Morgan fingerprint density at radius 3 is 2.47 bits per heavy atom. The number of hydrogen-bond donors (Lipinski definition) is 1. The average Bonchev–Trinajstić information content (AvgIpc) is 2.72. The predicted octanol–water partition coefficient (Wildman–Crippen LogP) is 1.73. The molecule has 2 aromatic rings. The summed E-state index contributed by atoms with van der Waals surface area (Å²) in [6.45, 7) is 2.63. The monoisotopic (exact) mass is 362 g/mol. The number of nitrogens with zero attached hydrogens (tertiary/aromatic N) is 5. The third-order valence-electron chi connectivity index (χ3n) is 2.45. The van der Waals surface area contributed by atoms with E-state index in [4.69, 9.17) is 5.73 Å². The van der Waals surface area contributed by atoms with Crippen molar-refractivity contribution in [2.75, 3.05) is 5.73 Å². The standard InChI is InChI=1S/C9H12Br2N6/c1-3-5-7(10)6(16(2)14-5)4-17-8(11)13-9(12)15-17/h3-4H2,1-2H3,(H2,12,15). The molecule has 8 heteroatoms. The normalized spacial score (nSPS) is 11.1. The summed E-state index contributed by atoms with van der Waals surface area (Å²) >= 11 is 6.87. The Bertz CT molecular complexity index is 544. The molecular weight excluding hydrogens is 352 g/mol. The van der Waals surface area contributed by atoms with Crippen LogP contribution in [0.15, 0.2) is 9.21 Å². The molecule has 0 saturated heterocycles. The van der Waals surface area contributed by atoms with Gasteiger partial charge in [-0.2, -0.15) is 10.1 Å². The van der Waals surface area contributed by atoms with E-state index in [2.05, 4.69) is 54.0 Å². The summed E-state index contributed by atoms with van der Waals surface area (Å²) in [6.07, 6.45) is 0.884. The van der Waals surface area contributed by atoms with Gasteiger partial charge in [-0.1, -0.05) is 6.92 Å². The molecule has 0 amide bonds. The van der Waals surface area contributed by atoms with Gasteiger partial charge in [0.1, 0.15) is 0 Å². The molecule has 0 atom stereocenters. The number of aromatic nitrogens is 5. The number of aryl methyl sites for hydroxylation is 2. The molecule has 0 aromatic carbocycles. The van der Waals surface area contributed by atoms with Crippen molar-refractivity contribution in [2.24, 2.45) is 7.05 Å². The van der Waals surface area contributed by atoms with Crippen molar-refractivity contribution in [3.63, 3.8) is 0 Å². The maximum absolute atomic E-state index is 5.53. The Labute approximate surface area is 115 Å². The number of hydrogen-bond acceptors (Lipinski definition) is 4. The van der Waals surface area contributed by atoms with Crippen LogP contribution in [0.25, 0.3) is 0 Å². The fourth-order valence-corrected chi connectivity index (χ4v) is 2.70. The van der Waals surface area contributed by atoms with Crippen molar-refractivity contribution in [3.05, 3.63) is 20.6 Å². The van der Waals surface area contributed by atoms with Gasteiger partial charge in [-0.3, -0.25) is 4.68 Å². The van der Waals surface area contributed by atoms with E-state index < -0.39 is 0 Å². The fourth-order valence-electron chi connectivity index (χ4n) is 1.57. The van der Waals surface area contributed by atoms with Crippen LogP contribution in [0.5, 0.6) is 0 Å². The smallest absolute Gasteiger partial charge is 0.240 e. The van der Waals surface area contributed by atoms with Crippen LogP contribution in [0.1, 0.15) is 18.3 Å². The highest BCUT2D eigenvalue weighted by atomic mass is 79.9. The summed E-state index contributed by atoms with van der Waals surface area (Å²) in [4.78, 5) is 3.99. The van der Waals surface area contributed by atoms with Gasteiger partial charge >= 0.3 is 0 Å². The number of nitrogens with two attached hydrogens (primary N) is 1. The van der Waals surface area contributed by atoms with E-state index in [0.29, 0.717) is 11.3 Å². The van der Waals surface area contributed by atoms with Gasteiger partial charge in [-0.05, 0) is 38.3 Å². The first-order valence-corrected chi connectivity index (χ1v) is 6.67. The highest BCUT2D eigenvalue weighted by molar-refractivity contribution is 9.10. The molecule has 0 unspecified atom stereocenters. The molecule has 6 nitrogen and oxygen atoms in total. The SMILES string of the molecule is CCc1nn(C)c(Cn2nc(N)nc2Br)c1Br. The Morgan fingerprint density at radius 2 is 2.00 bits per heavy atom. The maximum Gasteiger partial charge on any atom is 0.240 e. The third kappa shape index (κ3) is 2.37. The number of rotatable bonds is 3. The lowest BCUT2D eigenvalue weighted by Gasteiger charge is -2.03. The number of nitrogen functional groups attached to an aromatic ring is 1. The van der Waals surface area contributed by atoms with Crippen molar-refractivity contribution in [1.82, 2.24) is 24.5 Å². The Kier molecular flexibility index (Phi) is 3.53. The minimum Gasteiger partial charge on any atom is -0.366 e. The zero-order chi connectivity index (χ0) is 12.6. The second-order valence-corrected chi connectivity index (χ2v) is 5.08. The summed E-state index contributed by atoms with van der Waals surface area (Å²) in [5.74, 6) is 0.255. The van der Waals surface area contributed by atoms with E-state index in [0.717, 1.165) is 22.3 Å². The molecule has 92 valence electrons. The summed E-state index contributed by atoms with van der Waals surface area (Å²) < 4.78 is 5.16. The van der Waals surface area contributed by atoms with Crippen molar-refractivity contribution in [1.29, 1.82) is 0 Å². The van der Waals surface area contributed by atoms with Crippen molar-refractivity contribution < 1.29 is 0 Å². The summed E-state index contributed by atoms with van der Waals surface area (Å²) in [7, 11) is 1.91. The number of halogens is 2. The minimum atomic E-state index is 0.255. The van der Waals surface area contributed by atoms with Crippen LogP contribution in [-0.4, -0.2) is 24.5 Å². The third-order valence-corrected chi connectivity index (χ3v) is 3.95. The highest BCUT2D eigenvalue weighted by Crippen LogP contribution is 2.23. The van der Waals surface area contributed by atoms with Crippen LogP contribution in [0.4, 0.5) is 5.95 Å². The van der Waals surface area contributed by atoms with Gasteiger partial charge in [-0.15, -0.1) is 5.10 Å². The first-order valence-electron chi connectivity index (χ1n) is 5.09. The average molecular weight is 364 g/mol. The molecule has 0 saturated carbocycles. The molecule has 17 heavy (non-hydrogen) atoms. The molecule has 0 spiro atoms. The van der Waals surface area contributed by atoms with Crippen LogP contribution >= 0.6 is 31.9 Å². The van der Waals surface area contributed by atoms with Gasteiger partial charge in [0.2, 0.25) is 5.95 Å². The van der Waals surface area contributed by atoms with E-state index in [-0.39, 0.29) is 5.95 Å². The quantitative estimate of drug-likeness (QED) is 0.901. The molecule has 0 aliphatic carbocycles. The predicted molar refractivity (Wildman–Crippen MR) is 71.5 cm³/mol. The van der Waals surface area contributed by atoms with E-state index in [1.165, 1.54) is 0 Å². The lowest BCUT2D eigenvalue weighted by molar-refractivity contribution is 0.607. The summed E-state index contributed by atoms with van der Waals surface area (Å²) in [5.41, 5.74) is 7.60. The molecule has 0 aliphatic rings. The summed E-state index contributed by atoms with van der Waals surface area (Å²) in [5, 5.41) is 8.52. The van der Waals surface area contributed by atoms with Crippen LogP contribution in [0, 0.1) is 0 Å². The van der Waals surface area contributed by atoms with E-state index in [1.54, 1.807) is 4.68 Å². The van der Waals surface area contributed by atoms with Crippen LogP contribution in [0.3, 0.4) is 0 Å². The molecule has 2 N–H and O–H groups in total. The molecule has 2 heterocycles. The highest BCUT2D eigenvalue weighted by Gasteiger charge is 2.15. The molecule has 0 aliphatic heterocycles. The lowest BCUT2D eigenvalue weighted by atomic mass is 10.3. The van der Waals surface area contributed by atoms with Gasteiger partial charge < -0.3 is 5.73 Å². The van der Waals surface area contributed by atoms with Gasteiger partial charge in [0, 0.05) is 7.05 Å². The molecular formula is C9H12Br2N6. The minimum absolute atomic E-state index is 0.255. The van der Waals surface area contributed by atoms with Crippen molar-refractivity contribution >= 4 is 37.8 Å². The van der Waals surface area contributed by atoms with Gasteiger partial charge in [0.05, 0.1) is 22.4 Å². The second kappa shape index (κ2) is 4.77. The van der Waals surface area contributed by atoms with E-state index in [1.807, 2.05) is 11.7 Å². The van der Waals surface area contributed by atoms with Gasteiger partial charge in [0.25, 0.3) is 0 Å². The van der Waals surface area contributed by atoms with Gasteiger partial charge in [0.15, 0.2) is 4.73 Å². The van der Waals surface area contributed by atoms with Crippen LogP contribution < -0.4 is 5.73 Å². The molecule has 2 rings (SSSR count). The van der Waals surface area contributed by atoms with Crippen LogP contribution in [0.2, 0.25) is 0 Å². The zero-order valence-electron chi connectivity index (χ0n) is 9.48. The van der Waals surface area contributed by atoms with Gasteiger partial charge in [-0.25, -0.2) is 4.68 Å². The maximum atomic E-state index is 5.53. The van der Waals surface area contributed by atoms with Crippen LogP contribution in [-0.2, 0) is 20.0 Å². The van der Waals surface area contributed by atoms with E-state index in [9.17, 15) is 0 Å². The lowest BCUT2D eigenvalue weighted by Crippen LogP contribution is -2.08. The van der Waals surface area contributed by atoms with Crippen molar-refractivity contribution in [2.45, 2.75) is 19.9 Å². The first kappa shape index (κ1) is 12.6. The van der Waals surface area contributed by atoms with Crippen molar-refractivity contribution in [3.8, 4) is 0 Å². The molecule has 0 fully saturated rings. The molecule has 0 radical (unpaired) electrons. The Morgan fingerprint density at radius 1 is 1.29 bits per heavy atom. The fraction of sp³-hybridized carbons (Fsp3) is 0.444. The largest absolute Gasteiger partial charge is 0.366 e.